The summed E-state index contributed by atoms with van der Waals surface area (Å²) < 4.78 is 2.49. The highest BCUT2D eigenvalue weighted by molar-refractivity contribution is 9.10. The highest BCUT2D eigenvalue weighted by atomic mass is 79.9. The molecular weight excluding hydrogens is 506 g/mol. The van der Waals surface area contributed by atoms with Gasteiger partial charge in [0.05, 0.1) is 16.4 Å². The summed E-state index contributed by atoms with van der Waals surface area (Å²) in [6, 6.07) is 26.2. The molecule has 5 aromatic rings. The largest absolute Gasteiger partial charge is 0.507 e. The summed E-state index contributed by atoms with van der Waals surface area (Å²) in [5.74, 6) is 0.822. The third-order valence-corrected chi connectivity index (χ3v) is 6.15. The maximum atomic E-state index is 12.3. The van der Waals surface area contributed by atoms with E-state index in [0.717, 1.165) is 21.4 Å². The predicted octanol–water partition coefficient (Wildman–Crippen LogP) is 5.41. The standard InChI is InChI=1S/C27H22BrN5O2/c28-22-17-31-33-25(14-23(32-26(22)33)21-8-4-5-9-24(21)34)29-15-18-10-12-19(13-11-18)16-30-27(35)20-6-2-1-3-7-20/h1-14,17,29,34H,15-16H2,(H,30,35). The van der Waals surface area contributed by atoms with Gasteiger partial charge in [0.1, 0.15) is 11.6 Å². The molecule has 0 aliphatic heterocycles. The van der Waals surface area contributed by atoms with E-state index in [1.54, 1.807) is 35.0 Å². The van der Waals surface area contributed by atoms with Gasteiger partial charge in [-0.3, -0.25) is 4.79 Å². The van der Waals surface area contributed by atoms with E-state index in [2.05, 4.69) is 36.6 Å². The highest BCUT2D eigenvalue weighted by Crippen LogP contribution is 2.31. The van der Waals surface area contributed by atoms with Gasteiger partial charge in [-0.15, -0.1) is 0 Å². The average Bonchev–Trinajstić information content (AvgIpc) is 3.28. The number of hydrogen-bond acceptors (Lipinski definition) is 5. The first kappa shape index (κ1) is 22.6. The minimum atomic E-state index is -0.0938. The number of carbonyl (C=O) groups is 1. The van der Waals surface area contributed by atoms with Crippen LogP contribution in [0.2, 0.25) is 0 Å². The van der Waals surface area contributed by atoms with Crippen LogP contribution in [0, 0.1) is 0 Å². The van der Waals surface area contributed by atoms with Crippen molar-refractivity contribution in [1.29, 1.82) is 0 Å². The fourth-order valence-corrected chi connectivity index (χ4v) is 4.08. The van der Waals surface area contributed by atoms with Crippen molar-refractivity contribution in [3.63, 3.8) is 0 Å². The molecule has 3 aromatic carbocycles. The van der Waals surface area contributed by atoms with Gasteiger partial charge in [0.2, 0.25) is 0 Å². The fourth-order valence-electron chi connectivity index (χ4n) is 3.73. The topological polar surface area (TPSA) is 91.5 Å². The van der Waals surface area contributed by atoms with Crippen molar-refractivity contribution in [2.24, 2.45) is 0 Å². The molecule has 7 nitrogen and oxygen atoms in total. The molecule has 2 heterocycles. The highest BCUT2D eigenvalue weighted by Gasteiger charge is 2.13. The molecular formula is C27H22BrN5O2. The first-order chi connectivity index (χ1) is 17.1. The van der Waals surface area contributed by atoms with Gasteiger partial charge in [0.25, 0.3) is 5.91 Å². The number of hydrogen-bond donors (Lipinski definition) is 3. The Morgan fingerprint density at radius 1 is 0.914 bits per heavy atom. The van der Waals surface area contributed by atoms with E-state index in [9.17, 15) is 9.90 Å². The summed E-state index contributed by atoms with van der Waals surface area (Å²) in [4.78, 5) is 16.9. The number of phenols is 1. The molecule has 0 aliphatic rings. The Hall–Kier alpha value is -4.17. The molecule has 2 aromatic heterocycles. The Morgan fingerprint density at radius 2 is 1.60 bits per heavy atom. The number of aromatic nitrogens is 3. The number of fused-ring (bicyclic) bond motifs is 1. The Balaban J connectivity index is 1.29. The van der Waals surface area contributed by atoms with Crippen LogP contribution in [0.4, 0.5) is 5.82 Å². The lowest BCUT2D eigenvalue weighted by atomic mass is 10.1. The quantitative estimate of drug-likeness (QED) is 0.263. The van der Waals surface area contributed by atoms with E-state index < -0.39 is 0 Å². The number of nitrogens with zero attached hydrogens (tertiary/aromatic N) is 3. The van der Waals surface area contributed by atoms with E-state index in [1.165, 1.54) is 0 Å². The summed E-state index contributed by atoms with van der Waals surface area (Å²) >= 11 is 3.50. The van der Waals surface area contributed by atoms with Crippen LogP contribution in [-0.4, -0.2) is 25.6 Å². The zero-order valence-electron chi connectivity index (χ0n) is 18.6. The van der Waals surface area contributed by atoms with Crippen molar-refractivity contribution < 1.29 is 9.90 Å². The number of carbonyl (C=O) groups excluding carboxylic acids is 1. The number of phenolic OH excluding ortho intramolecular Hbond substituents is 1. The molecule has 174 valence electrons. The van der Waals surface area contributed by atoms with Gasteiger partial charge in [-0.2, -0.15) is 9.61 Å². The van der Waals surface area contributed by atoms with Crippen LogP contribution >= 0.6 is 15.9 Å². The number of benzene rings is 3. The third-order valence-electron chi connectivity index (χ3n) is 5.59. The minimum absolute atomic E-state index is 0.0938. The molecule has 1 amide bonds. The van der Waals surface area contributed by atoms with Crippen LogP contribution < -0.4 is 10.6 Å². The summed E-state index contributed by atoms with van der Waals surface area (Å²) in [5, 5.41) is 21.1. The minimum Gasteiger partial charge on any atom is -0.507 e. The maximum absolute atomic E-state index is 12.3. The lowest BCUT2D eigenvalue weighted by Crippen LogP contribution is -2.22. The molecule has 0 unspecified atom stereocenters. The van der Waals surface area contributed by atoms with E-state index in [-0.39, 0.29) is 11.7 Å². The Morgan fingerprint density at radius 3 is 2.34 bits per heavy atom. The monoisotopic (exact) mass is 527 g/mol. The van der Waals surface area contributed by atoms with E-state index in [0.29, 0.717) is 35.6 Å². The molecule has 3 N–H and O–H groups in total. The Bertz CT molecular complexity index is 1480. The maximum Gasteiger partial charge on any atom is 0.251 e. The van der Waals surface area contributed by atoms with Crippen LogP contribution in [0.25, 0.3) is 16.9 Å². The van der Waals surface area contributed by atoms with Crippen molar-refractivity contribution in [2.45, 2.75) is 13.1 Å². The number of para-hydroxylation sites is 1. The third kappa shape index (κ3) is 5.02. The SMILES string of the molecule is O=C(NCc1ccc(CNc2cc(-c3ccccc3O)nc3c(Br)cnn23)cc1)c1ccccc1. The van der Waals surface area contributed by atoms with Gasteiger partial charge in [-0.25, -0.2) is 4.98 Å². The molecule has 35 heavy (non-hydrogen) atoms. The van der Waals surface area contributed by atoms with E-state index in [4.69, 9.17) is 0 Å². The number of aromatic hydroxyl groups is 1. The molecule has 0 radical (unpaired) electrons. The molecule has 0 saturated heterocycles. The number of amides is 1. The zero-order chi connectivity index (χ0) is 24.2. The smallest absolute Gasteiger partial charge is 0.251 e. The van der Waals surface area contributed by atoms with Gasteiger partial charge < -0.3 is 15.7 Å². The number of halogens is 1. The molecule has 0 fully saturated rings. The lowest BCUT2D eigenvalue weighted by molar-refractivity contribution is 0.0951. The molecule has 0 bridgehead atoms. The molecule has 0 atom stereocenters. The second-order valence-electron chi connectivity index (χ2n) is 7.99. The predicted molar refractivity (Wildman–Crippen MR) is 139 cm³/mol. The number of anilines is 1. The molecule has 0 aliphatic carbocycles. The van der Waals surface area contributed by atoms with Crippen molar-refractivity contribution in [3.8, 4) is 17.0 Å². The number of rotatable bonds is 7. The van der Waals surface area contributed by atoms with Gasteiger partial charge in [0.15, 0.2) is 5.65 Å². The fraction of sp³-hybridized carbons (Fsp3) is 0.0741. The van der Waals surface area contributed by atoms with Gasteiger partial charge in [-0.05, 0) is 51.3 Å². The second kappa shape index (κ2) is 9.99. The Labute approximate surface area is 210 Å². The summed E-state index contributed by atoms with van der Waals surface area (Å²) in [6.45, 7) is 1.02. The first-order valence-corrected chi connectivity index (χ1v) is 11.9. The van der Waals surface area contributed by atoms with E-state index in [1.807, 2.05) is 60.7 Å². The summed E-state index contributed by atoms with van der Waals surface area (Å²) in [5.41, 5.74) is 4.67. The molecule has 0 saturated carbocycles. The second-order valence-corrected chi connectivity index (χ2v) is 8.84. The van der Waals surface area contributed by atoms with Crippen LogP contribution in [0.15, 0.2) is 95.6 Å². The Kier molecular flexibility index (Phi) is 6.45. The zero-order valence-corrected chi connectivity index (χ0v) is 20.2. The first-order valence-electron chi connectivity index (χ1n) is 11.1. The number of nitrogens with one attached hydrogen (secondary N) is 2. The molecule has 0 spiro atoms. The summed E-state index contributed by atoms with van der Waals surface area (Å²) in [6.07, 6.45) is 1.70. The van der Waals surface area contributed by atoms with Crippen LogP contribution in [0.3, 0.4) is 0 Å². The van der Waals surface area contributed by atoms with Gasteiger partial charge in [-0.1, -0.05) is 54.6 Å². The van der Waals surface area contributed by atoms with Gasteiger partial charge >= 0.3 is 0 Å². The van der Waals surface area contributed by atoms with Crippen LogP contribution in [-0.2, 0) is 13.1 Å². The van der Waals surface area contributed by atoms with Crippen molar-refractivity contribution >= 4 is 33.3 Å². The average molecular weight is 528 g/mol. The summed E-state index contributed by atoms with van der Waals surface area (Å²) in [7, 11) is 0. The van der Waals surface area contributed by atoms with Crippen molar-refractivity contribution in [2.75, 3.05) is 5.32 Å². The van der Waals surface area contributed by atoms with E-state index >= 15 is 0 Å². The van der Waals surface area contributed by atoms with Crippen LogP contribution in [0.5, 0.6) is 5.75 Å². The molecule has 5 rings (SSSR count). The molecule has 8 heteroatoms. The van der Waals surface area contributed by atoms with Crippen molar-refractivity contribution in [1.82, 2.24) is 19.9 Å². The normalized spacial score (nSPS) is 10.9. The lowest BCUT2D eigenvalue weighted by Gasteiger charge is -2.12. The van der Waals surface area contributed by atoms with Crippen LogP contribution in [0.1, 0.15) is 21.5 Å². The van der Waals surface area contributed by atoms with Crippen molar-refractivity contribution in [3.05, 3.63) is 112 Å². The van der Waals surface area contributed by atoms with Gasteiger partial charge in [0, 0.05) is 30.3 Å².